The van der Waals surface area contributed by atoms with Crippen molar-refractivity contribution in [1.29, 1.82) is 0 Å². The van der Waals surface area contributed by atoms with Crippen molar-refractivity contribution in [3.63, 3.8) is 0 Å². The predicted octanol–water partition coefficient (Wildman–Crippen LogP) is 4.75. The summed E-state index contributed by atoms with van der Waals surface area (Å²) in [5.41, 5.74) is 1.34. The first kappa shape index (κ1) is 24.6. The maximum atomic E-state index is 12.2. The number of nitrogens with one attached hydrogen (secondary N) is 2. The van der Waals surface area contributed by atoms with Crippen LogP contribution >= 0.6 is 11.6 Å². The molecule has 0 spiro atoms. The number of hydrogen-bond acceptors (Lipinski definition) is 10. The van der Waals surface area contributed by atoms with E-state index in [1.807, 2.05) is 0 Å². The Bertz CT molecular complexity index is 1390. The van der Waals surface area contributed by atoms with Crippen molar-refractivity contribution in [3.8, 4) is 0 Å². The Hall–Kier alpha value is -4.52. The lowest BCUT2D eigenvalue weighted by Gasteiger charge is -2.18. The first-order chi connectivity index (χ1) is 17.1. The quantitative estimate of drug-likeness (QED) is 0.262. The van der Waals surface area contributed by atoms with Gasteiger partial charge in [0.15, 0.2) is 5.82 Å². The third-order valence-electron chi connectivity index (χ3n) is 4.55. The number of nitro benzene ring substituents is 1. The number of ether oxygens (including phenoxy) is 1. The van der Waals surface area contributed by atoms with Gasteiger partial charge in [0, 0.05) is 18.3 Å². The second-order valence-corrected chi connectivity index (χ2v) is 9.05. The molecule has 0 aliphatic carbocycles. The van der Waals surface area contributed by atoms with E-state index in [4.69, 9.17) is 16.3 Å². The van der Waals surface area contributed by atoms with Crippen LogP contribution in [-0.2, 0) is 11.3 Å². The zero-order chi connectivity index (χ0) is 25.9. The molecule has 0 bridgehead atoms. The van der Waals surface area contributed by atoms with Crippen LogP contribution in [0.2, 0.25) is 5.02 Å². The Labute approximate surface area is 210 Å². The molecule has 2 N–H and O–H groups in total. The zero-order valence-electron chi connectivity index (χ0n) is 19.5. The zero-order valence-corrected chi connectivity index (χ0v) is 20.3. The van der Waals surface area contributed by atoms with Crippen LogP contribution in [-0.4, -0.2) is 46.1 Å². The number of carbonyl (C=O) groups excluding carboxylic acids is 1. The Kier molecular flexibility index (Phi) is 6.83. The van der Waals surface area contributed by atoms with Gasteiger partial charge in [-0.3, -0.25) is 14.8 Å². The predicted molar refractivity (Wildman–Crippen MR) is 132 cm³/mol. The molecule has 0 saturated carbocycles. The summed E-state index contributed by atoms with van der Waals surface area (Å²) in [5.74, 6) is 0.562. The minimum absolute atomic E-state index is 0.0306. The van der Waals surface area contributed by atoms with E-state index in [0.29, 0.717) is 23.7 Å². The van der Waals surface area contributed by atoms with Gasteiger partial charge in [0.05, 0.1) is 47.6 Å². The van der Waals surface area contributed by atoms with Crippen LogP contribution in [0.15, 0.2) is 55.2 Å². The van der Waals surface area contributed by atoms with Gasteiger partial charge in [0.25, 0.3) is 5.69 Å². The first-order valence-electron chi connectivity index (χ1n) is 10.7. The molecule has 4 rings (SSSR count). The van der Waals surface area contributed by atoms with Crippen LogP contribution in [0.4, 0.5) is 33.6 Å². The lowest BCUT2D eigenvalue weighted by Crippen LogP contribution is -2.27. The molecule has 3 heterocycles. The van der Waals surface area contributed by atoms with Crippen molar-refractivity contribution in [2.75, 3.05) is 10.6 Å². The van der Waals surface area contributed by atoms with Gasteiger partial charge < -0.3 is 15.4 Å². The number of aromatic nitrogens is 6. The van der Waals surface area contributed by atoms with Gasteiger partial charge in [-0.1, -0.05) is 23.7 Å². The summed E-state index contributed by atoms with van der Waals surface area (Å²) in [6, 6.07) is 6.26. The van der Waals surface area contributed by atoms with Crippen LogP contribution < -0.4 is 10.6 Å². The normalized spacial score (nSPS) is 11.2. The molecule has 3 aromatic heterocycles. The highest BCUT2D eigenvalue weighted by Gasteiger charge is 2.19. The summed E-state index contributed by atoms with van der Waals surface area (Å²) in [6.45, 7) is 5.72. The molecule has 14 heteroatoms. The number of benzene rings is 1. The average Bonchev–Trinajstić information content (AvgIpc) is 3.45. The Balaban J connectivity index is 1.41. The summed E-state index contributed by atoms with van der Waals surface area (Å²) in [4.78, 5) is 31.1. The summed E-state index contributed by atoms with van der Waals surface area (Å²) in [7, 11) is 0. The van der Waals surface area contributed by atoms with Gasteiger partial charge in [-0.05, 0) is 26.3 Å². The summed E-state index contributed by atoms with van der Waals surface area (Å²) >= 11 is 6.24. The molecule has 0 radical (unpaired) electrons. The SMILES string of the molecule is CC(C)(C)OC(=O)n1cc(Nc2nc(Nc3cnn(Cc4ccc([N+](=O)[O-])cc4)c3)ncc2Cl)cn1. The monoisotopic (exact) mass is 511 g/mol. The van der Waals surface area contributed by atoms with E-state index in [2.05, 4.69) is 30.8 Å². The third-order valence-corrected chi connectivity index (χ3v) is 4.83. The van der Waals surface area contributed by atoms with E-state index in [9.17, 15) is 14.9 Å². The average molecular weight is 512 g/mol. The molecule has 0 fully saturated rings. The number of non-ortho nitro benzene ring substituents is 1. The number of carbonyl (C=O) groups is 1. The Morgan fingerprint density at radius 1 is 1.08 bits per heavy atom. The molecule has 0 atom stereocenters. The number of nitro groups is 1. The minimum atomic E-state index is -0.650. The van der Waals surface area contributed by atoms with Crippen molar-refractivity contribution >= 4 is 46.5 Å². The lowest BCUT2D eigenvalue weighted by molar-refractivity contribution is -0.384. The number of nitrogens with zero attached hydrogens (tertiary/aromatic N) is 7. The first-order valence-corrected chi connectivity index (χ1v) is 11.0. The molecule has 0 unspecified atom stereocenters. The van der Waals surface area contributed by atoms with Gasteiger partial charge in [0.2, 0.25) is 5.95 Å². The van der Waals surface area contributed by atoms with Gasteiger partial charge in [-0.25, -0.2) is 9.78 Å². The Morgan fingerprint density at radius 2 is 1.78 bits per heavy atom. The molecule has 0 aliphatic rings. The van der Waals surface area contributed by atoms with E-state index >= 15 is 0 Å². The Morgan fingerprint density at radius 3 is 2.47 bits per heavy atom. The smallest absolute Gasteiger partial charge is 0.435 e. The van der Waals surface area contributed by atoms with Crippen LogP contribution in [0.5, 0.6) is 0 Å². The maximum absolute atomic E-state index is 12.2. The molecule has 4 aromatic rings. The van der Waals surface area contributed by atoms with E-state index in [0.717, 1.165) is 10.2 Å². The molecule has 186 valence electrons. The largest absolute Gasteiger partial charge is 0.442 e. The fourth-order valence-corrected chi connectivity index (χ4v) is 3.14. The van der Waals surface area contributed by atoms with Gasteiger partial charge >= 0.3 is 6.09 Å². The second kappa shape index (κ2) is 10.00. The molecule has 13 nitrogen and oxygen atoms in total. The maximum Gasteiger partial charge on any atom is 0.435 e. The number of rotatable bonds is 7. The van der Waals surface area contributed by atoms with Crippen LogP contribution in [0.3, 0.4) is 0 Å². The second-order valence-electron chi connectivity index (χ2n) is 8.64. The molecule has 0 amide bonds. The summed E-state index contributed by atoms with van der Waals surface area (Å²) < 4.78 is 8.03. The summed E-state index contributed by atoms with van der Waals surface area (Å²) in [6.07, 6.45) is 7.06. The van der Waals surface area contributed by atoms with E-state index in [-0.39, 0.29) is 16.7 Å². The number of halogens is 1. The van der Waals surface area contributed by atoms with Crippen molar-refractivity contribution in [2.24, 2.45) is 0 Å². The van der Waals surface area contributed by atoms with Crippen LogP contribution in [0, 0.1) is 10.1 Å². The topological polar surface area (TPSA) is 155 Å². The van der Waals surface area contributed by atoms with Crippen molar-refractivity contribution in [3.05, 3.63) is 76.0 Å². The highest BCUT2D eigenvalue weighted by atomic mass is 35.5. The van der Waals surface area contributed by atoms with E-state index in [1.165, 1.54) is 30.7 Å². The van der Waals surface area contributed by atoms with Gasteiger partial charge in [-0.15, -0.1) is 0 Å². The summed E-state index contributed by atoms with van der Waals surface area (Å²) in [5, 5.41) is 25.4. The van der Waals surface area contributed by atoms with Crippen LogP contribution in [0.1, 0.15) is 26.3 Å². The fraction of sp³-hybridized carbons (Fsp3) is 0.227. The number of anilines is 4. The molecule has 1 aromatic carbocycles. The van der Waals surface area contributed by atoms with Gasteiger partial charge in [-0.2, -0.15) is 19.9 Å². The van der Waals surface area contributed by atoms with Crippen LogP contribution in [0.25, 0.3) is 0 Å². The van der Waals surface area contributed by atoms with E-state index in [1.54, 1.807) is 50.0 Å². The van der Waals surface area contributed by atoms with Crippen molar-refractivity contribution < 1.29 is 14.5 Å². The number of hydrogen-bond donors (Lipinski definition) is 2. The fourth-order valence-electron chi connectivity index (χ4n) is 3.00. The van der Waals surface area contributed by atoms with Gasteiger partial charge in [0.1, 0.15) is 10.6 Å². The van der Waals surface area contributed by atoms with E-state index < -0.39 is 16.6 Å². The molecule has 36 heavy (non-hydrogen) atoms. The molecule has 0 aliphatic heterocycles. The highest BCUT2D eigenvalue weighted by molar-refractivity contribution is 6.32. The molecular formula is C22H22ClN9O4. The third kappa shape index (κ3) is 6.33. The van der Waals surface area contributed by atoms with Crippen molar-refractivity contribution in [1.82, 2.24) is 29.5 Å². The lowest BCUT2D eigenvalue weighted by atomic mass is 10.2. The molecule has 0 saturated heterocycles. The molecular weight excluding hydrogens is 490 g/mol. The minimum Gasteiger partial charge on any atom is -0.442 e. The standard InChI is InChI=1S/C22H22ClN9O4/c1-22(2,3)36-21(33)31-13-16(9-26-31)27-19-18(23)10-24-20(29-19)28-15-8-25-30(12-15)11-14-4-6-17(7-5-14)32(34)35/h4-10,12-13H,11H2,1-3H3,(H2,24,27,28,29). The van der Waals surface area contributed by atoms with Crippen molar-refractivity contribution in [2.45, 2.75) is 32.9 Å². The highest BCUT2D eigenvalue weighted by Crippen LogP contribution is 2.25.